The first-order chi connectivity index (χ1) is 10.2. The minimum absolute atomic E-state index is 0.0874. The van der Waals surface area contributed by atoms with Gasteiger partial charge in [0.25, 0.3) is 5.56 Å². The predicted octanol–water partition coefficient (Wildman–Crippen LogP) is 0.636. The van der Waals surface area contributed by atoms with Crippen LogP contribution in [0.25, 0.3) is 0 Å². The fourth-order valence-corrected chi connectivity index (χ4v) is 2.25. The smallest absolute Gasteiger partial charge is 0.269 e. The molecule has 0 saturated carbocycles. The largest absolute Gasteiger partial charge is 0.378 e. The van der Waals surface area contributed by atoms with E-state index in [4.69, 9.17) is 4.74 Å². The van der Waals surface area contributed by atoms with Crippen molar-refractivity contribution in [3.05, 3.63) is 34.8 Å². The van der Waals surface area contributed by atoms with Gasteiger partial charge in [-0.15, -0.1) is 0 Å². The van der Waals surface area contributed by atoms with Gasteiger partial charge in [0.1, 0.15) is 0 Å². The van der Waals surface area contributed by atoms with Crippen molar-refractivity contribution in [3.63, 3.8) is 0 Å². The molecule has 2 heterocycles. The van der Waals surface area contributed by atoms with Gasteiger partial charge in [-0.25, -0.2) is 4.68 Å². The highest BCUT2D eigenvalue weighted by molar-refractivity contribution is 5.43. The number of anilines is 1. The van der Waals surface area contributed by atoms with E-state index in [2.05, 4.69) is 28.8 Å². The number of ether oxygens (including phenoxy) is 1. The third kappa shape index (κ3) is 4.68. The van der Waals surface area contributed by atoms with Gasteiger partial charge >= 0.3 is 0 Å². The summed E-state index contributed by atoms with van der Waals surface area (Å²) in [7, 11) is 0. The maximum atomic E-state index is 12.1. The molecule has 6 heteroatoms. The van der Waals surface area contributed by atoms with Gasteiger partial charge in [-0.3, -0.25) is 4.79 Å². The molecule has 1 aromatic heterocycles. The normalized spacial score (nSPS) is 15.2. The minimum Gasteiger partial charge on any atom is -0.378 e. The lowest BCUT2D eigenvalue weighted by Gasteiger charge is -2.28. The molecule has 116 valence electrons. The molecular weight excluding hydrogens is 268 g/mol. The summed E-state index contributed by atoms with van der Waals surface area (Å²) < 4.78 is 6.77. The number of hydrogen-bond acceptors (Lipinski definition) is 5. The van der Waals surface area contributed by atoms with Gasteiger partial charge < -0.3 is 15.0 Å². The summed E-state index contributed by atoms with van der Waals surface area (Å²) in [6.07, 6.45) is 2.83. The first kappa shape index (κ1) is 15.7. The van der Waals surface area contributed by atoms with E-state index in [1.165, 1.54) is 4.68 Å². The fourth-order valence-electron chi connectivity index (χ4n) is 2.25. The number of nitrogens with one attached hydrogen (secondary N) is 1. The highest BCUT2D eigenvalue weighted by Gasteiger charge is 2.12. The topological polar surface area (TPSA) is 59.4 Å². The quantitative estimate of drug-likeness (QED) is 0.590. The maximum absolute atomic E-state index is 12.1. The van der Waals surface area contributed by atoms with Crippen molar-refractivity contribution in [2.75, 3.05) is 44.3 Å². The Labute approximate surface area is 125 Å². The van der Waals surface area contributed by atoms with Gasteiger partial charge in [0.2, 0.25) is 0 Å². The summed E-state index contributed by atoms with van der Waals surface area (Å²) in [6, 6.07) is 1.64. The van der Waals surface area contributed by atoms with Gasteiger partial charge in [0.15, 0.2) is 0 Å². The molecule has 1 aliphatic heterocycles. The van der Waals surface area contributed by atoms with Crippen molar-refractivity contribution in [2.45, 2.75) is 19.9 Å². The highest BCUT2D eigenvalue weighted by Crippen LogP contribution is 2.11. The van der Waals surface area contributed by atoms with E-state index >= 15 is 0 Å². The highest BCUT2D eigenvalue weighted by atomic mass is 16.5. The van der Waals surface area contributed by atoms with Gasteiger partial charge in [-0.2, -0.15) is 5.10 Å². The van der Waals surface area contributed by atoms with Gasteiger partial charge in [-0.1, -0.05) is 13.5 Å². The molecule has 0 aromatic carbocycles. The Morgan fingerprint density at radius 1 is 1.48 bits per heavy atom. The van der Waals surface area contributed by atoms with Gasteiger partial charge in [0, 0.05) is 25.7 Å². The SMILES string of the molecule is C=C(CNCCC)Cn1ncc(N2CCOCC2)cc1=O. The van der Waals surface area contributed by atoms with E-state index in [-0.39, 0.29) is 5.56 Å². The summed E-state index contributed by atoms with van der Waals surface area (Å²) in [5, 5.41) is 7.53. The molecular formula is C15H24N4O2. The van der Waals surface area contributed by atoms with E-state index in [9.17, 15) is 4.79 Å². The van der Waals surface area contributed by atoms with Crippen LogP contribution in [0.1, 0.15) is 13.3 Å². The molecule has 0 spiro atoms. The van der Waals surface area contributed by atoms with Crippen molar-refractivity contribution in [2.24, 2.45) is 0 Å². The minimum atomic E-state index is -0.0874. The molecule has 1 aromatic rings. The summed E-state index contributed by atoms with van der Waals surface area (Å²) in [5.74, 6) is 0. The van der Waals surface area contributed by atoms with Crippen LogP contribution in [0.2, 0.25) is 0 Å². The zero-order valence-electron chi connectivity index (χ0n) is 12.7. The van der Waals surface area contributed by atoms with Crippen LogP contribution in [0.5, 0.6) is 0 Å². The second kappa shape index (κ2) is 7.95. The molecule has 1 aliphatic rings. The number of hydrogen-bond donors (Lipinski definition) is 1. The Kier molecular flexibility index (Phi) is 5.95. The van der Waals surface area contributed by atoms with E-state index in [0.29, 0.717) is 26.3 Å². The Balaban J connectivity index is 1.95. The average molecular weight is 292 g/mol. The predicted molar refractivity (Wildman–Crippen MR) is 83.8 cm³/mol. The standard InChI is InChI=1S/C15H24N4O2/c1-3-4-16-10-13(2)12-19-15(20)9-14(11-17-19)18-5-7-21-8-6-18/h9,11,16H,2-8,10,12H2,1H3. The second-order valence-corrected chi connectivity index (χ2v) is 5.24. The summed E-state index contributed by atoms with van der Waals surface area (Å²) in [5.41, 5.74) is 1.74. The Hall–Kier alpha value is -1.66. The van der Waals surface area contributed by atoms with Crippen molar-refractivity contribution in [1.82, 2.24) is 15.1 Å². The molecule has 1 fully saturated rings. The molecule has 0 bridgehead atoms. The van der Waals surface area contributed by atoms with Crippen molar-refractivity contribution < 1.29 is 4.74 Å². The molecule has 0 atom stereocenters. The third-order valence-electron chi connectivity index (χ3n) is 3.41. The average Bonchev–Trinajstić information content (AvgIpc) is 2.50. The van der Waals surface area contributed by atoms with Crippen LogP contribution >= 0.6 is 0 Å². The molecule has 0 unspecified atom stereocenters. The molecule has 6 nitrogen and oxygen atoms in total. The first-order valence-electron chi connectivity index (χ1n) is 7.48. The summed E-state index contributed by atoms with van der Waals surface area (Å²) in [6.45, 7) is 11.2. The molecule has 0 radical (unpaired) electrons. The zero-order chi connectivity index (χ0) is 15.1. The molecule has 0 aliphatic carbocycles. The second-order valence-electron chi connectivity index (χ2n) is 5.24. The van der Waals surface area contributed by atoms with Crippen LogP contribution in [0, 0.1) is 0 Å². The lowest BCUT2D eigenvalue weighted by molar-refractivity contribution is 0.122. The van der Waals surface area contributed by atoms with Crippen molar-refractivity contribution in [3.8, 4) is 0 Å². The van der Waals surface area contributed by atoms with Crippen molar-refractivity contribution in [1.29, 1.82) is 0 Å². The van der Waals surface area contributed by atoms with Crippen LogP contribution < -0.4 is 15.8 Å². The summed E-state index contributed by atoms with van der Waals surface area (Å²) in [4.78, 5) is 14.3. The summed E-state index contributed by atoms with van der Waals surface area (Å²) >= 11 is 0. The molecule has 21 heavy (non-hydrogen) atoms. The van der Waals surface area contributed by atoms with Crippen molar-refractivity contribution >= 4 is 5.69 Å². The fraction of sp³-hybridized carbons (Fsp3) is 0.600. The third-order valence-corrected chi connectivity index (χ3v) is 3.41. The number of morpholine rings is 1. The van der Waals surface area contributed by atoms with E-state index < -0.39 is 0 Å². The monoisotopic (exact) mass is 292 g/mol. The number of aromatic nitrogens is 2. The van der Waals surface area contributed by atoms with Crippen LogP contribution in [0.3, 0.4) is 0 Å². The Morgan fingerprint density at radius 3 is 2.90 bits per heavy atom. The number of rotatable bonds is 7. The lowest BCUT2D eigenvalue weighted by atomic mass is 10.3. The van der Waals surface area contributed by atoms with Crippen LogP contribution in [0.4, 0.5) is 5.69 Å². The van der Waals surface area contributed by atoms with E-state index in [0.717, 1.165) is 37.3 Å². The molecule has 1 N–H and O–H groups in total. The number of nitrogens with zero attached hydrogens (tertiary/aromatic N) is 3. The maximum Gasteiger partial charge on any atom is 0.269 e. The van der Waals surface area contributed by atoms with Crippen LogP contribution in [-0.4, -0.2) is 49.2 Å². The van der Waals surface area contributed by atoms with Gasteiger partial charge in [0.05, 0.1) is 31.6 Å². The molecule has 0 amide bonds. The van der Waals surface area contributed by atoms with Crippen LogP contribution in [-0.2, 0) is 11.3 Å². The first-order valence-corrected chi connectivity index (χ1v) is 7.48. The molecule has 1 saturated heterocycles. The lowest BCUT2D eigenvalue weighted by Crippen LogP contribution is -2.37. The Bertz CT molecular complexity index is 521. The van der Waals surface area contributed by atoms with E-state index in [1.807, 2.05) is 0 Å². The Morgan fingerprint density at radius 2 is 2.24 bits per heavy atom. The van der Waals surface area contributed by atoms with Gasteiger partial charge in [-0.05, 0) is 18.5 Å². The van der Waals surface area contributed by atoms with Crippen LogP contribution in [0.15, 0.2) is 29.2 Å². The van der Waals surface area contributed by atoms with E-state index in [1.54, 1.807) is 12.3 Å². The zero-order valence-corrected chi connectivity index (χ0v) is 12.7. The molecule has 2 rings (SSSR count).